The van der Waals surface area contributed by atoms with Crippen LogP contribution < -0.4 is 11.3 Å². The molecule has 5 heteroatoms. The van der Waals surface area contributed by atoms with Crippen LogP contribution in [-0.2, 0) is 0 Å². The van der Waals surface area contributed by atoms with Gasteiger partial charge in [0.2, 0.25) is 0 Å². The number of thiophene rings is 1. The Hall–Kier alpha value is 0.320. The predicted molar refractivity (Wildman–Crippen MR) is 60.0 cm³/mol. The first-order valence-corrected chi connectivity index (χ1v) is 5.62. The number of halogens is 2. The van der Waals surface area contributed by atoms with E-state index in [1.807, 2.05) is 6.07 Å². The van der Waals surface area contributed by atoms with Gasteiger partial charge in [0.25, 0.3) is 0 Å². The molecular weight excluding hydrogens is 304 g/mol. The van der Waals surface area contributed by atoms with E-state index in [9.17, 15) is 0 Å². The largest absolute Gasteiger partial charge is 0.271 e. The monoisotopic (exact) mass is 310 g/mol. The summed E-state index contributed by atoms with van der Waals surface area (Å²) in [4.78, 5) is 0. The molecule has 0 fully saturated rings. The Bertz CT molecular complexity index is 285. The molecule has 3 N–H and O–H groups in total. The maximum atomic E-state index is 5.34. The van der Waals surface area contributed by atoms with Crippen LogP contribution in [0.25, 0.3) is 0 Å². The molecule has 0 aliphatic carbocycles. The minimum atomic E-state index is 0.00178. The van der Waals surface area contributed by atoms with Crippen molar-refractivity contribution in [2.24, 2.45) is 5.84 Å². The van der Waals surface area contributed by atoms with Crippen molar-refractivity contribution in [2.75, 3.05) is 0 Å². The van der Waals surface area contributed by atoms with E-state index < -0.39 is 0 Å². The molecule has 0 aliphatic heterocycles. The van der Waals surface area contributed by atoms with Crippen LogP contribution >= 0.6 is 43.2 Å². The molecule has 1 atom stereocenters. The molecule has 1 aromatic heterocycles. The molecule has 1 unspecified atom stereocenters. The highest BCUT2D eigenvalue weighted by molar-refractivity contribution is 9.12. The number of hydrazine groups is 1. The minimum absolute atomic E-state index is 0.00178. The average molecular weight is 312 g/mol. The average Bonchev–Trinajstić information content (AvgIpc) is 2.34. The highest BCUT2D eigenvalue weighted by atomic mass is 79.9. The zero-order valence-corrected chi connectivity index (χ0v) is 10.2. The molecule has 12 heavy (non-hydrogen) atoms. The highest BCUT2D eigenvalue weighted by Gasteiger charge is 2.12. The first kappa shape index (κ1) is 10.4. The van der Waals surface area contributed by atoms with E-state index in [0.717, 1.165) is 13.1 Å². The third-order valence-corrected chi connectivity index (χ3v) is 3.82. The number of nitrogens with two attached hydrogens (primary N) is 1. The van der Waals surface area contributed by atoms with E-state index in [4.69, 9.17) is 5.84 Å². The Morgan fingerprint density at radius 3 is 2.67 bits per heavy atom. The van der Waals surface area contributed by atoms with Crippen molar-refractivity contribution in [3.8, 4) is 0 Å². The lowest BCUT2D eigenvalue weighted by molar-refractivity contribution is 0.657. The highest BCUT2D eigenvalue weighted by Crippen LogP contribution is 2.35. The predicted octanol–water partition coefficient (Wildman–Crippen LogP) is 2.96. The fourth-order valence-corrected chi connectivity index (χ4v) is 3.78. The molecule has 66 valence electrons. The Balaban J connectivity index is 2.99. The van der Waals surface area contributed by atoms with Gasteiger partial charge in [-0.05, 0) is 37.9 Å². The van der Waals surface area contributed by atoms with E-state index in [1.54, 1.807) is 17.4 Å². The number of hydrogen-bond acceptors (Lipinski definition) is 3. The number of hydrogen-bond donors (Lipinski definition) is 2. The van der Waals surface area contributed by atoms with Gasteiger partial charge in [-0.1, -0.05) is 6.08 Å². The van der Waals surface area contributed by atoms with Crippen LogP contribution in [0.5, 0.6) is 0 Å². The van der Waals surface area contributed by atoms with E-state index in [0.29, 0.717) is 0 Å². The lowest BCUT2D eigenvalue weighted by Crippen LogP contribution is -2.26. The molecule has 0 spiro atoms. The maximum Gasteiger partial charge on any atom is 0.0762 e. The normalized spacial score (nSPS) is 12.9. The van der Waals surface area contributed by atoms with Crippen molar-refractivity contribution in [3.05, 3.63) is 31.9 Å². The van der Waals surface area contributed by atoms with Gasteiger partial charge < -0.3 is 0 Å². The van der Waals surface area contributed by atoms with Crippen molar-refractivity contribution in [1.82, 2.24) is 5.43 Å². The molecular formula is C7H8Br2N2S. The summed E-state index contributed by atoms with van der Waals surface area (Å²) in [5.41, 5.74) is 3.76. The summed E-state index contributed by atoms with van der Waals surface area (Å²) in [6, 6.07) is 2.02. The zero-order valence-electron chi connectivity index (χ0n) is 6.18. The molecule has 0 radical (unpaired) electrons. The Labute approximate surface area is 92.1 Å². The second-order valence-corrected chi connectivity index (χ2v) is 5.91. The molecule has 0 aromatic carbocycles. The second-order valence-electron chi connectivity index (χ2n) is 2.16. The first-order chi connectivity index (χ1) is 5.69. The van der Waals surface area contributed by atoms with E-state index in [1.165, 1.54) is 0 Å². The lowest BCUT2D eigenvalue weighted by atomic mass is 10.2. The Morgan fingerprint density at radius 1 is 1.67 bits per heavy atom. The minimum Gasteiger partial charge on any atom is -0.271 e. The van der Waals surface area contributed by atoms with Crippen LogP contribution in [0, 0.1) is 0 Å². The van der Waals surface area contributed by atoms with Crippen LogP contribution in [0.4, 0.5) is 0 Å². The molecule has 1 heterocycles. The van der Waals surface area contributed by atoms with Gasteiger partial charge in [0.15, 0.2) is 0 Å². The maximum absolute atomic E-state index is 5.34. The number of nitrogens with one attached hydrogen (secondary N) is 1. The van der Waals surface area contributed by atoms with Crippen LogP contribution in [0.3, 0.4) is 0 Å². The molecule has 0 saturated heterocycles. The molecule has 1 rings (SSSR count). The zero-order chi connectivity index (χ0) is 9.14. The summed E-state index contributed by atoms with van der Waals surface area (Å²) >= 11 is 8.46. The summed E-state index contributed by atoms with van der Waals surface area (Å²) in [7, 11) is 0. The summed E-state index contributed by atoms with van der Waals surface area (Å²) in [6.07, 6.45) is 1.76. The summed E-state index contributed by atoms with van der Waals surface area (Å²) < 4.78 is 2.14. The topological polar surface area (TPSA) is 38.0 Å². The molecule has 0 bridgehead atoms. The van der Waals surface area contributed by atoms with Gasteiger partial charge in [-0.3, -0.25) is 5.84 Å². The van der Waals surface area contributed by atoms with Crippen molar-refractivity contribution >= 4 is 43.2 Å². The van der Waals surface area contributed by atoms with E-state index >= 15 is 0 Å². The first-order valence-electron chi connectivity index (χ1n) is 3.22. The van der Waals surface area contributed by atoms with Crippen molar-refractivity contribution in [2.45, 2.75) is 6.04 Å². The fraction of sp³-hybridized carbons (Fsp3) is 0.143. The molecule has 2 nitrogen and oxygen atoms in total. The smallest absolute Gasteiger partial charge is 0.0762 e. The van der Waals surface area contributed by atoms with Gasteiger partial charge >= 0.3 is 0 Å². The molecule has 1 aromatic rings. The third-order valence-electron chi connectivity index (χ3n) is 1.43. The SMILES string of the molecule is C=CC(NN)c1cc(Br)sc1Br. The van der Waals surface area contributed by atoms with Crippen LogP contribution in [0.2, 0.25) is 0 Å². The van der Waals surface area contributed by atoms with Gasteiger partial charge in [-0.15, -0.1) is 17.9 Å². The van der Waals surface area contributed by atoms with Gasteiger partial charge in [-0.2, -0.15) is 0 Å². The molecule has 0 amide bonds. The van der Waals surface area contributed by atoms with E-state index in [-0.39, 0.29) is 6.04 Å². The summed E-state index contributed by atoms with van der Waals surface area (Å²) in [6.45, 7) is 3.68. The van der Waals surface area contributed by atoms with Gasteiger partial charge in [0.05, 0.1) is 13.6 Å². The molecule has 0 saturated carbocycles. The standard InChI is InChI=1S/C7H8Br2N2S/c1-2-5(11-10)4-3-6(8)12-7(4)9/h2-3,5,11H,1,10H2. The summed E-state index contributed by atoms with van der Waals surface area (Å²) in [5.74, 6) is 5.34. The third kappa shape index (κ3) is 2.17. The van der Waals surface area contributed by atoms with Gasteiger partial charge in [-0.25, -0.2) is 5.43 Å². The number of rotatable bonds is 3. The quantitative estimate of drug-likeness (QED) is 0.512. The lowest BCUT2D eigenvalue weighted by Gasteiger charge is -2.08. The summed E-state index contributed by atoms with van der Waals surface area (Å²) in [5, 5.41) is 0. The van der Waals surface area contributed by atoms with Crippen molar-refractivity contribution in [3.63, 3.8) is 0 Å². The van der Waals surface area contributed by atoms with Crippen molar-refractivity contribution < 1.29 is 0 Å². The fourth-order valence-electron chi connectivity index (χ4n) is 0.850. The Morgan fingerprint density at radius 2 is 2.33 bits per heavy atom. The Kier molecular flexibility index (Phi) is 3.92. The van der Waals surface area contributed by atoms with Gasteiger partial charge in [0.1, 0.15) is 0 Å². The van der Waals surface area contributed by atoms with Crippen LogP contribution in [-0.4, -0.2) is 0 Å². The van der Waals surface area contributed by atoms with E-state index in [2.05, 4.69) is 43.9 Å². The van der Waals surface area contributed by atoms with Crippen LogP contribution in [0.1, 0.15) is 11.6 Å². The van der Waals surface area contributed by atoms with Crippen LogP contribution in [0.15, 0.2) is 26.3 Å². The second kappa shape index (κ2) is 4.53. The van der Waals surface area contributed by atoms with Crippen molar-refractivity contribution in [1.29, 1.82) is 0 Å². The molecule has 0 aliphatic rings. The van der Waals surface area contributed by atoms with Gasteiger partial charge in [0, 0.05) is 5.56 Å².